The van der Waals surface area contributed by atoms with Crippen LogP contribution in [0.15, 0.2) is 29.3 Å². The number of halogens is 1. The van der Waals surface area contributed by atoms with Gasteiger partial charge < -0.3 is 24.4 Å². The molecular formula is C18H30IN3O3. The Hall–Kier alpha value is -1.06. The highest BCUT2D eigenvalue weighted by Crippen LogP contribution is 2.17. The smallest absolute Gasteiger partial charge is 0.193 e. The summed E-state index contributed by atoms with van der Waals surface area (Å²) in [6.45, 7) is 4.85. The average molecular weight is 463 g/mol. The molecule has 0 aliphatic carbocycles. The van der Waals surface area contributed by atoms with E-state index in [1.165, 1.54) is 5.56 Å². The van der Waals surface area contributed by atoms with E-state index < -0.39 is 0 Å². The first kappa shape index (κ1) is 22.0. The lowest BCUT2D eigenvalue weighted by Gasteiger charge is -2.22. The van der Waals surface area contributed by atoms with Crippen molar-refractivity contribution in [2.75, 3.05) is 54.2 Å². The Morgan fingerprint density at radius 3 is 2.64 bits per heavy atom. The molecule has 7 heteroatoms. The Balaban J connectivity index is 0.00000312. The van der Waals surface area contributed by atoms with Crippen molar-refractivity contribution >= 4 is 29.9 Å². The van der Waals surface area contributed by atoms with Gasteiger partial charge in [0.25, 0.3) is 0 Å². The summed E-state index contributed by atoms with van der Waals surface area (Å²) in [6.07, 6.45) is 1.14. The van der Waals surface area contributed by atoms with Gasteiger partial charge in [-0.05, 0) is 24.1 Å². The molecule has 1 heterocycles. The zero-order chi connectivity index (χ0) is 17.2. The van der Waals surface area contributed by atoms with Crippen molar-refractivity contribution in [1.82, 2.24) is 10.2 Å². The van der Waals surface area contributed by atoms with Crippen molar-refractivity contribution in [3.05, 3.63) is 29.8 Å². The van der Waals surface area contributed by atoms with E-state index in [9.17, 15) is 0 Å². The zero-order valence-corrected chi connectivity index (χ0v) is 17.7. The van der Waals surface area contributed by atoms with E-state index >= 15 is 0 Å². The molecule has 1 aliphatic heterocycles. The van der Waals surface area contributed by atoms with E-state index in [-0.39, 0.29) is 24.0 Å². The molecule has 0 saturated carbocycles. The largest absolute Gasteiger partial charge is 0.497 e. The number of nitrogens with zero attached hydrogens (tertiary/aromatic N) is 2. The van der Waals surface area contributed by atoms with Gasteiger partial charge in [-0.1, -0.05) is 12.1 Å². The first-order chi connectivity index (χ1) is 11.8. The number of benzene rings is 1. The van der Waals surface area contributed by atoms with E-state index in [2.05, 4.69) is 27.3 Å². The second kappa shape index (κ2) is 12.3. The van der Waals surface area contributed by atoms with Crippen LogP contribution in [-0.2, 0) is 16.0 Å². The Kier molecular flexibility index (Phi) is 10.8. The molecule has 142 valence electrons. The van der Waals surface area contributed by atoms with Crippen molar-refractivity contribution in [3.8, 4) is 5.75 Å². The summed E-state index contributed by atoms with van der Waals surface area (Å²) in [5.41, 5.74) is 1.20. The monoisotopic (exact) mass is 463 g/mol. The fraction of sp³-hybridized carbons (Fsp3) is 0.611. The van der Waals surface area contributed by atoms with Gasteiger partial charge in [-0.25, -0.2) is 0 Å². The molecule has 1 unspecified atom stereocenters. The first-order valence-electron chi connectivity index (χ1n) is 8.42. The fourth-order valence-electron chi connectivity index (χ4n) is 2.81. The van der Waals surface area contributed by atoms with E-state index in [4.69, 9.17) is 14.2 Å². The molecule has 1 aromatic carbocycles. The lowest BCUT2D eigenvalue weighted by atomic mass is 10.1. The number of ether oxygens (including phenoxy) is 3. The van der Waals surface area contributed by atoms with Gasteiger partial charge in [0.1, 0.15) is 5.75 Å². The number of hydrogen-bond acceptors (Lipinski definition) is 4. The third-order valence-electron chi connectivity index (χ3n) is 4.19. The molecule has 1 aliphatic rings. The summed E-state index contributed by atoms with van der Waals surface area (Å²) in [7, 11) is 5.20. The van der Waals surface area contributed by atoms with Crippen LogP contribution < -0.4 is 10.1 Å². The zero-order valence-electron chi connectivity index (χ0n) is 15.4. The van der Waals surface area contributed by atoms with Crippen LogP contribution in [0.25, 0.3) is 0 Å². The van der Waals surface area contributed by atoms with Crippen LogP contribution in [0.1, 0.15) is 12.0 Å². The summed E-state index contributed by atoms with van der Waals surface area (Å²) in [4.78, 5) is 6.71. The molecule has 2 rings (SSSR count). The number of guanidine groups is 1. The van der Waals surface area contributed by atoms with E-state index in [0.717, 1.165) is 44.4 Å². The predicted molar refractivity (Wildman–Crippen MR) is 111 cm³/mol. The molecule has 1 atom stereocenters. The van der Waals surface area contributed by atoms with Crippen LogP contribution >= 0.6 is 24.0 Å². The summed E-state index contributed by atoms with van der Waals surface area (Å²) >= 11 is 0. The quantitative estimate of drug-likeness (QED) is 0.278. The van der Waals surface area contributed by atoms with Crippen LogP contribution in [0.2, 0.25) is 0 Å². The second-order valence-corrected chi connectivity index (χ2v) is 5.92. The molecule has 6 nitrogen and oxygen atoms in total. The van der Waals surface area contributed by atoms with E-state index in [0.29, 0.717) is 19.1 Å². The Morgan fingerprint density at radius 2 is 2.00 bits per heavy atom. The van der Waals surface area contributed by atoms with Crippen molar-refractivity contribution in [1.29, 1.82) is 0 Å². The van der Waals surface area contributed by atoms with E-state index in [1.807, 2.05) is 19.2 Å². The molecule has 1 saturated heterocycles. The molecule has 1 N–H and O–H groups in total. The van der Waals surface area contributed by atoms with Gasteiger partial charge in [0, 0.05) is 39.7 Å². The maximum atomic E-state index is 5.65. The van der Waals surface area contributed by atoms with Gasteiger partial charge in [-0.15, -0.1) is 24.0 Å². The highest BCUT2D eigenvalue weighted by molar-refractivity contribution is 14.0. The predicted octanol–water partition coefficient (Wildman–Crippen LogP) is 2.37. The van der Waals surface area contributed by atoms with Crippen molar-refractivity contribution in [2.24, 2.45) is 10.9 Å². The number of hydrogen-bond donors (Lipinski definition) is 1. The van der Waals surface area contributed by atoms with Crippen molar-refractivity contribution in [3.63, 3.8) is 0 Å². The van der Waals surface area contributed by atoms with Crippen LogP contribution in [0.3, 0.4) is 0 Å². The summed E-state index contributed by atoms with van der Waals surface area (Å²) in [5, 5.41) is 3.44. The number of likely N-dealkylation sites (tertiary alicyclic amines) is 1. The molecule has 0 amide bonds. The molecule has 1 aromatic rings. The number of methoxy groups -OCH3 is 2. The highest BCUT2D eigenvalue weighted by atomic mass is 127. The molecule has 0 aromatic heterocycles. The minimum Gasteiger partial charge on any atom is -0.497 e. The molecule has 25 heavy (non-hydrogen) atoms. The van der Waals surface area contributed by atoms with Crippen molar-refractivity contribution in [2.45, 2.75) is 13.0 Å². The molecule has 0 radical (unpaired) electrons. The lowest BCUT2D eigenvalue weighted by Crippen LogP contribution is -2.39. The topological polar surface area (TPSA) is 55.3 Å². The van der Waals surface area contributed by atoms with Crippen molar-refractivity contribution < 1.29 is 14.2 Å². The van der Waals surface area contributed by atoms with E-state index in [1.54, 1.807) is 14.2 Å². The van der Waals surface area contributed by atoms with Gasteiger partial charge in [-0.3, -0.25) is 4.99 Å². The molecule has 1 fully saturated rings. The summed E-state index contributed by atoms with van der Waals surface area (Å²) < 4.78 is 15.8. The van der Waals surface area contributed by atoms with Crippen LogP contribution in [0, 0.1) is 5.92 Å². The minimum absolute atomic E-state index is 0. The third-order valence-corrected chi connectivity index (χ3v) is 4.19. The molecular weight excluding hydrogens is 433 g/mol. The summed E-state index contributed by atoms with van der Waals surface area (Å²) in [5.74, 6) is 2.38. The van der Waals surface area contributed by atoms with Crippen LogP contribution in [0.5, 0.6) is 5.75 Å². The average Bonchev–Trinajstić information content (AvgIpc) is 3.08. The second-order valence-electron chi connectivity index (χ2n) is 5.92. The van der Waals surface area contributed by atoms with Gasteiger partial charge in [0.05, 0.1) is 26.9 Å². The molecule has 0 spiro atoms. The summed E-state index contributed by atoms with van der Waals surface area (Å²) in [6, 6.07) is 8.08. The highest BCUT2D eigenvalue weighted by Gasteiger charge is 2.24. The standard InChI is InChI=1S/C18H29N3O3.HI/c1-19-18(20-12-15-4-6-17(23-3)7-5-15)21-9-8-16(13-21)14-24-11-10-22-2;/h4-7,16H,8-14H2,1-3H3,(H,19,20);1H. The normalized spacial score (nSPS) is 17.3. The maximum absolute atomic E-state index is 5.65. The third kappa shape index (κ3) is 7.37. The minimum atomic E-state index is 0. The van der Waals surface area contributed by atoms with Gasteiger partial charge in [-0.2, -0.15) is 0 Å². The molecule has 0 bridgehead atoms. The Bertz CT molecular complexity index is 511. The van der Waals surface area contributed by atoms with Crippen LogP contribution in [0.4, 0.5) is 0 Å². The number of nitrogens with one attached hydrogen (secondary N) is 1. The number of rotatable bonds is 8. The maximum Gasteiger partial charge on any atom is 0.193 e. The Labute approximate surface area is 167 Å². The SMILES string of the molecule is CN=C(NCc1ccc(OC)cc1)N1CCC(COCCOC)C1.I. The van der Waals surface area contributed by atoms with Gasteiger partial charge in [0.15, 0.2) is 5.96 Å². The van der Waals surface area contributed by atoms with Crippen LogP contribution in [-0.4, -0.2) is 65.0 Å². The fourth-order valence-corrected chi connectivity index (χ4v) is 2.81. The lowest BCUT2D eigenvalue weighted by molar-refractivity contribution is 0.0536. The number of aliphatic imine (C=N–C) groups is 1. The Morgan fingerprint density at radius 1 is 1.24 bits per heavy atom. The van der Waals surface area contributed by atoms with Gasteiger partial charge in [0.2, 0.25) is 0 Å². The van der Waals surface area contributed by atoms with Gasteiger partial charge >= 0.3 is 0 Å². The first-order valence-corrected chi connectivity index (χ1v) is 8.42.